The zero-order valence-corrected chi connectivity index (χ0v) is 14.5. The molecule has 3 aromatic rings. The van der Waals surface area contributed by atoms with Crippen molar-refractivity contribution in [3.8, 4) is 17.3 Å². The molecular formula is C18H13N5O2S. The Balaban J connectivity index is 1.78. The number of nitro benzene ring substituents is 1. The molecule has 0 aliphatic heterocycles. The number of thiazole rings is 1. The Bertz CT molecular complexity index is 1000. The van der Waals surface area contributed by atoms with E-state index in [4.69, 9.17) is 0 Å². The van der Waals surface area contributed by atoms with Crippen LogP contribution in [-0.2, 0) is 0 Å². The van der Waals surface area contributed by atoms with E-state index in [-0.39, 0.29) is 11.4 Å². The minimum atomic E-state index is -0.476. The van der Waals surface area contributed by atoms with Crippen molar-refractivity contribution < 1.29 is 4.92 Å². The number of aromatic nitrogens is 1. The van der Waals surface area contributed by atoms with E-state index in [9.17, 15) is 15.4 Å². The number of non-ortho nitro benzene ring substituents is 1. The Hall–Kier alpha value is -3.57. The summed E-state index contributed by atoms with van der Waals surface area (Å²) in [6.45, 7) is 2.01. The predicted octanol–water partition coefficient (Wildman–Crippen LogP) is 4.37. The maximum Gasteiger partial charge on any atom is 0.269 e. The number of nitro groups is 1. The Morgan fingerprint density at radius 3 is 2.54 bits per heavy atom. The molecule has 3 rings (SSSR count). The smallest absolute Gasteiger partial charge is 0.269 e. The molecule has 0 radical (unpaired) electrons. The third-order valence-electron chi connectivity index (χ3n) is 3.53. The van der Waals surface area contributed by atoms with Crippen molar-refractivity contribution in [2.45, 2.75) is 6.92 Å². The molecule has 2 aromatic carbocycles. The first kappa shape index (κ1) is 17.3. The molecule has 0 fully saturated rings. The van der Waals surface area contributed by atoms with Gasteiger partial charge in [-0.2, -0.15) is 10.4 Å². The molecule has 0 unspecified atom stereocenters. The summed E-state index contributed by atoms with van der Waals surface area (Å²) in [6, 6.07) is 15.8. The normalized spacial score (nSPS) is 11.0. The topological polar surface area (TPSA) is 104 Å². The lowest BCUT2D eigenvalue weighted by molar-refractivity contribution is -0.384. The average Bonchev–Trinajstić information content (AvgIpc) is 3.13. The van der Waals surface area contributed by atoms with Crippen LogP contribution in [0.15, 0.2) is 59.0 Å². The fourth-order valence-corrected chi connectivity index (χ4v) is 2.90. The van der Waals surface area contributed by atoms with Gasteiger partial charge in [0.1, 0.15) is 6.07 Å². The number of aryl methyl sites for hydroxylation is 1. The quantitative estimate of drug-likeness (QED) is 0.412. The van der Waals surface area contributed by atoms with Crippen LogP contribution < -0.4 is 5.43 Å². The van der Waals surface area contributed by atoms with Gasteiger partial charge < -0.3 is 0 Å². The Kier molecular flexibility index (Phi) is 5.01. The van der Waals surface area contributed by atoms with E-state index < -0.39 is 4.92 Å². The molecule has 0 saturated carbocycles. The fourth-order valence-electron chi connectivity index (χ4n) is 2.14. The molecule has 1 aromatic heterocycles. The van der Waals surface area contributed by atoms with Crippen molar-refractivity contribution in [2.24, 2.45) is 5.10 Å². The molecule has 1 N–H and O–H groups in total. The van der Waals surface area contributed by atoms with Gasteiger partial charge in [-0.25, -0.2) is 4.98 Å². The van der Waals surface area contributed by atoms with Crippen LogP contribution in [0.5, 0.6) is 0 Å². The lowest BCUT2D eigenvalue weighted by atomic mass is 10.1. The van der Waals surface area contributed by atoms with Crippen molar-refractivity contribution in [2.75, 3.05) is 5.43 Å². The zero-order valence-electron chi connectivity index (χ0n) is 13.7. The molecule has 0 spiro atoms. The summed E-state index contributed by atoms with van der Waals surface area (Å²) >= 11 is 1.33. The van der Waals surface area contributed by atoms with E-state index >= 15 is 0 Å². The molecule has 0 amide bonds. The second kappa shape index (κ2) is 7.55. The summed E-state index contributed by atoms with van der Waals surface area (Å²) < 4.78 is 0. The van der Waals surface area contributed by atoms with Gasteiger partial charge in [-0.3, -0.25) is 15.5 Å². The fraction of sp³-hybridized carbons (Fsp3) is 0.0556. The molecule has 128 valence electrons. The molecular weight excluding hydrogens is 350 g/mol. The average molecular weight is 363 g/mol. The number of benzene rings is 2. The molecule has 7 nitrogen and oxygen atoms in total. The first-order valence-corrected chi connectivity index (χ1v) is 8.46. The molecule has 0 saturated heterocycles. The third-order valence-corrected chi connectivity index (χ3v) is 4.38. The highest BCUT2D eigenvalue weighted by Crippen LogP contribution is 2.23. The summed E-state index contributed by atoms with van der Waals surface area (Å²) in [7, 11) is 0. The first-order chi connectivity index (χ1) is 12.6. The highest BCUT2D eigenvalue weighted by atomic mass is 32.1. The van der Waals surface area contributed by atoms with Crippen LogP contribution in [0.3, 0.4) is 0 Å². The summed E-state index contributed by atoms with van der Waals surface area (Å²) in [5.41, 5.74) is 6.32. The zero-order chi connectivity index (χ0) is 18.5. The molecule has 0 aliphatic rings. The maximum absolute atomic E-state index is 10.7. The van der Waals surface area contributed by atoms with Crippen molar-refractivity contribution in [1.29, 1.82) is 5.26 Å². The molecule has 26 heavy (non-hydrogen) atoms. The molecule has 1 heterocycles. The van der Waals surface area contributed by atoms with Gasteiger partial charge in [-0.15, -0.1) is 11.3 Å². The van der Waals surface area contributed by atoms with E-state index in [2.05, 4.69) is 15.5 Å². The van der Waals surface area contributed by atoms with Gasteiger partial charge in [0, 0.05) is 23.1 Å². The van der Waals surface area contributed by atoms with Gasteiger partial charge in [0.15, 0.2) is 10.7 Å². The minimum absolute atomic E-state index is 0.0114. The van der Waals surface area contributed by atoms with Crippen LogP contribution in [0.1, 0.15) is 10.6 Å². The maximum atomic E-state index is 10.7. The summed E-state index contributed by atoms with van der Waals surface area (Å²) in [6.07, 6.45) is 0. The molecule has 0 bridgehead atoms. The van der Waals surface area contributed by atoms with Gasteiger partial charge in [0.2, 0.25) is 0 Å². The van der Waals surface area contributed by atoms with Crippen molar-refractivity contribution in [1.82, 2.24) is 4.98 Å². The number of anilines is 1. The standard InChI is InChI=1S/C18H13N5O2S/c1-12-2-4-13(5-3-12)17-11-26-18(20-17)16(10-19)22-21-14-6-8-15(9-7-14)23(24)25/h2-9,11,21H,1H3/b22-16+. The number of rotatable bonds is 5. The summed E-state index contributed by atoms with van der Waals surface area (Å²) in [5.74, 6) is 0. The molecule has 0 atom stereocenters. The number of hydrogen-bond acceptors (Lipinski definition) is 7. The Labute approximate surface area is 153 Å². The van der Waals surface area contributed by atoms with Crippen LogP contribution in [0.25, 0.3) is 11.3 Å². The van der Waals surface area contributed by atoms with E-state index in [0.29, 0.717) is 10.7 Å². The number of hydrazone groups is 1. The first-order valence-electron chi connectivity index (χ1n) is 7.58. The van der Waals surface area contributed by atoms with Gasteiger partial charge in [-0.1, -0.05) is 29.8 Å². The van der Waals surface area contributed by atoms with E-state index in [1.165, 1.54) is 35.6 Å². The minimum Gasteiger partial charge on any atom is -0.277 e. The van der Waals surface area contributed by atoms with Gasteiger partial charge >= 0.3 is 0 Å². The second-order valence-electron chi connectivity index (χ2n) is 5.39. The monoisotopic (exact) mass is 363 g/mol. The van der Waals surface area contributed by atoms with E-state index in [1.807, 2.05) is 42.6 Å². The number of nitriles is 1. The highest BCUT2D eigenvalue weighted by molar-refractivity contribution is 7.12. The summed E-state index contributed by atoms with van der Waals surface area (Å²) in [5, 5.41) is 26.4. The van der Waals surface area contributed by atoms with Crippen molar-refractivity contribution >= 4 is 28.4 Å². The van der Waals surface area contributed by atoms with Crippen LogP contribution in [0.4, 0.5) is 11.4 Å². The second-order valence-corrected chi connectivity index (χ2v) is 6.25. The SMILES string of the molecule is Cc1ccc(-c2csc(/C(C#N)=N/Nc3ccc([N+](=O)[O-])cc3)n2)cc1. The van der Waals surface area contributed by atoms with Crippen LogP contribution in [-0.4, -0.2) is 15.6 Å². The lowest BCUT2D eigenvalue weighted by Gasteiger charge is -2.00. The molecule has 8 heteroatoms. The van der Waals surface area contributed by atoms with Gasteiger partial charge in [0.25, 0.3) is 5.69 Å². The van der Waals surface area contributed by atoms with Crippen LogP contribution >= 0.6 is 11.3 Å². The Morgan fingerprint density at radius 2 is 1.92 bits per heavy atom. The lowest BCUT2D eigenvalue weighted by Crippen LogP contribution is -2.01. The van der Waals surface area contributed by atoms with Gasteiger partial charge in [0.05, 0.1) is 16.3 Å². The largest absolute Gasteiger partial charge is 0.277 e. The molecule has 0 aliphatic carbocycles. The van der Waals surface area contributed by atoms with E-state index in [1.54, 1.807) is 0 Å². The number of nitrogens with one attached hydrogen (secondary N) is 1. The Morgan fingerprint density at radius 1 is 1.23 bits per heavy atom. The summed E-state index contributed by atoms with van der Waals surface area (Å²) in [4.78, 5) is 14.6. The predicted molar refractivity (Wildman–Crippen MR) is 101 cm³/mol. The van der Waals surface area contributed by atoms with Crippen LogP contribution in [0, 0.1) is 28.4 Å². The third kappa shape index (κ3) is 3.91. The van der Waals surface area contributed by atoms with Crippen molar-refractivity contribution in [3.63, 3.8) is 0 Å². The van der Waals surface area contributed by atoms with Crippen molar-refractivity contribution in [3.05, 3.63) is 74.6 Å². The van der Waals surface area contributed by atoms with E-state index in [0.717, 1.165) is 16.8 Å². The number of hydrogen-bond donors (Lipinski definition) is 1. The number of nitrogens with zero attached hydrogens (tertiary/aromatic N) is 4. The van der Waals surface area contributed by atoms with Crippen LogP contribution in [0.2, 0.25) is 0 Å². The highest BCUT2D eigenvalue weighted by Gasteiger charge is 2.11. The van der Waals surface area contributed by atoms with Gasteiger partial charge in [-0.05, 0) is 19.1 Å².